The van der Waals surface area contributed by atoms with Crippen LogP contribution in [0.5, 0.6) is 5.75 Å². The second-order valence-corrected chi connectivity index (χ2v) is 6.44. The van der Waals surface area contributed by atoms with Gasteiger partial charge in [-0.05, 0) is 26.0 Å². The molecule has 110 valence electrons. The van der Waals surface area contributed by atoms with E-state index in [0.29, 0.717) is 0 Å². The van der Waals surface area contributed by atoms with E-state index < -0.39 is 0 Å². The SMILES string of the molecule is COc1ccc2nc(C(C)Cl)n(C(C)c3nccs3)c2c1. The number of fused-ring (bicyclic) bond motifs is 1. The number of hydrogen-bond donors (Lipinski definition) is 0. The molecular formula is C15H16ClN3OS. The minimum absolute atomic E-state index is 0.0818. The summed E-state index contributed by atoms with van der Waals surface area (Å²) < 4.78 is 7.48. The van der Waals surface area contributed by atoms with Gasteiger partial charge >= 0.3 is 0 Å². The quantitative estimate of drug-likeness (QED) is 0.668. The van der Waals surface area contributed by atoms with Crippen LogP contribution in [0.1, 0.15) is 36.1 Å². The fourth-order valence-corrected chi connectivity index (χ4v) is 3.30. The van der Waals surface area contributed by atoms with E-state index in [0.717, 1.165) is 27.6 Å². The number of alkyl halides is 1. The van der Waals surface area contributed by atoms with Crippen LogP contribution >= 0.6 is 22.9 Å². The number of hydrogen-bond acceptors (Lipinski definition) is 4. The first-order chi connectivity index (χ1) is 10.1. The average molecular weight is 322 g/mol. The maximum Gasteiger partial charge on any atom is 0.128 e. The molecule has 0 saturated heterocycles. The van der Waals surface area contributed by atoms with E-state index in [2.05, 4.69) is 21.5 Å². The third kappa shape index (κ3) is 2.51. The van der Waals surface area contributed by atoms with Gasteiger partial charge in [0.25, 0.3) is 0 Å². The number of ether oxygens (including phenoxy) is 1. The lowest BCUT2D eigenvalue weighted by Crippen LogP contribution is -2.11. The van der Waals surface area contributed by atoms with E-state index in [4.69, 9.17) is 16.3 Å². The summed E-state index contributed by atoms with van der Waals surface area (Å²) in [6, 6.07) is 5.95. The highest BCUT2D eigenvalue weighted by atomic mass is 35.5. The lowest BCUT2D eigenvalue weighted by molar-refractivity contribution is 0.415. The van der Waals surface area contributed by atoms with Crippen molar-refractivity contribution in [2.75, 3.05) is 7.11 Å². The van der Waals surface area contributed by atoms with E-state index >= 15 is 0 Å². The zero-order valence-corrected chi connectivity index (χ0v) is 13.6. The summed E-state index contributed by atoms with van der Waals surface area (Å²) in [4.78, 5) is 9.09. The predicted octanol–water partition coefficient (Wildman–Crippen LogP) is 4.41. The third-order valence-corrected chi connectivity index (χ3v) is 4.62. The highest BCUT2D eigenvalue weighted by molar-refractivity contribution is 7.09. The molecule has 3 rings (SSSR count). The minimum atomic E-state index is -0.175. The van der Waals surface area contributed by atoms with Crippen molar-refractivity contribution >= 4 is 34.0 Å². The average Bonchev–Trinajstić information content (AvgIpc) is 3.13. The lowest BCUT2D eigenvalue weighted by Gasteiger charge is -2.16. The molecule has 6 heteroatoms. The molecule has 2 heterocycles. The zero-order valence-electron chi connectivity index (χ0n) is 12.1. The van der Waals surface area contributed by atoms with Crippen LogP contribution in [-0.2, 0) is 0 Å². The van der Waals surface area contributed by atoms with Gasteiger partial charge in [-0.25, -0.2) is 9.97 Å². The molecule has 0 fully saturated rings. The first-order valence-electron chi connectivity index (χ1n) is 6.71. The molecular weight excluding hydrogens is 306 g/mol. The Morgan fingerprint density at radius 3 is 2.76 bits per heavy atom. The molecule has 0 aliphatic rings. The number of imidazole rings is 1. The maximum absolute atomic E-state index is 6.33. The van der Waals surface area contributed by atoms with Gasteiger partial charge in [0.05, 0.1) is 29.6 Å². The van der Waals surface area contributed by atoms with Crippen molar-refractivity contribution < 1.29 is 4.74 Å². The van der Waals surface area contributed by atoms with Gasteiger partial charge < -0.3 is 9.30 Å². The number of nitrogens with zero attached hydrogens (tertiary/aromatic N) is 3. The Balaban J connectivity index is 2.24. The Kier molecular flexibility index (Phi) is 3.87. The molecule has 2 unspecified atom stereocenters. The van der Waals surface area contributed by atoms with Crippen molar-refractivity contribution in [3.8, 4) is 5.75 Å². The number of benzene rings is 1. The van der Waals surface area contributed by atoms with Crippen LogP contribution in [-0.4, -0.2) is 21.6 Å². The molecule has 0 N–H and O–H groups in total. The molecule has 0 aliphatic heterocycles. The van der Waals surface area contributed by atoms with E-state index in [-0.39, 0.29) is 11.4 Å². The molecule has 0 aliphatic carbocycles. The number of rotatable bonds is 4. The van der Waals surface area contributed by atoms with E-state index in [1.54, 1.807) is 18.4 Å². The largest absolute Gasteiger partial charge is 0.497 e. The summed E-state index contributed by atoms with van der Waals surface area (Å²) in [6.07, 6.45) is 1.82. The topological polar surface area (TPSA) is 39.9 Å². The highest BCUT2D eigenvalue weighted by Gasteiger charge is 2.21. The number of halogens is 1. The van der Waals surface area contributed by atoms with Gasteiger partial charge in [-0.2, -0.15) is 0 Å². The summed E-state index contributed by atoms with van der Waals surface area (Å²) in [5.74, 6) is 1.66. The summed E-state index contributed by atoms with van der Waals surface area (Å²) in [5.41, 5.74) is 1.93. The first kappa shape index (κ1) is 14.4. The summed E-state index contributed by atoms with van der Waals surface area (Å²) >= 11 is 7.96. The Labute approximate surface area is 132 Å². The van der Waals surface area contributed by atoms with Crippen LogP contribution in [0.4, 0.5) is 0 Å². The van der Waals surface area contributed by atoms with Gasteiger partial charge in [0.1, 0.15) is 16.6 Å². The van der Waals surface area contributed by atoms with Crippen LogP contribution < -0.4 is 4.74 Å². The van der Waals surface area contributed by atoms with Crippen molar-refractivity contribution in [2.24, 2.45) is 0 Å². The monoisotopic (exact) mass is 321 g/mol. The van der Waals surface area contributed by atoms with Crippen LogP contribution in [0, 0.1) is 0 Å². The molecule has 3 aromatic rings. The molecule has 0 bridgehead atoms. The van der Waals surface area contributed by atoms with Crippen molar-refractivity contribution in [1.29, 1.82) is 0 Å². The third-order valence-electron chi connectivity index (χ3n) is 3.48. The first-order valence-corrected chi connectivity index (χ1v) is 8.02. The molecule has 0 spiro atoms. The van der Waals surface area contributed by atoms with Gasteiger partial charge in [-0.1, -0.05) is 0 Å². The Morgan fingerprint density at radius 2 is 2.14 bits per heavy atom. The van der Waals surface area contributed by atoms with Crippen LogP contribution in [0.15, 0.2) is 29.8 Å². The second-order valence-electron chi connectivity index (χ2n) is 4.86. The minimum Gasteiger partial charge on any atom is -0.497 e. The van der Waals surface area contributed by atoms with Crippen molar-refractivity contribution in [3.63, 3.8) is 0 Å². The van der Waals surface area contributed by atoms with Crippen molar-refractivity contribution in [2.45, 2.75) is 25.3 Å². The Hall–Kier alpha value is -1.59. The van der Waals surface area contributed by atoms with E-state index in [9.17, 15) is 0 Å². The van der Waals surface area contributed by atoms with Crippen molar-refractivity contribution in [1.82, 2.24) is 14.5 Å². The second kappa shape index (κ2) is 5.66. The van der Waals surface area contributed by atoms with E-state index in [1.165, 1.54) is 0 Å². The van der Waals surface area contributed by atoms with Crippen LogP contribution in [0.2, 0.25) is 0 Å². The smallest absolute Gasteiger partial charge is 0.128 e. The normalized spacial score (nSPS) is 14.3. The number of aromatic nitrogens is 3. The molecule has 0 saturated carbocycles. The van der Waals surface area contributed by atoms with Gasteiger partial charge in [0, 0.05) is 17.6 Å². The Bertz CT molecular complexity index is 752. The van der Waals surface area contributed by atoms with Crippen LogP contribution in [0.3, 0.4) is 0 Å². The van der Waals surface area contributed by atoms with Crippen LogP contribution in [0.25, 0.3) is 11.0 Å². The molecule has 0 amide bonds. The molecule has 0 radical (unpaired) electrons. The van der Waals surface area contributed by atoms with E-state index in [1.807, 2.05) is 36.7 Å². The summed E-state index contributed by atoms with van der Waals surface area (Å²) in [6.45, 7) is 4.05. The molecule has 2 atom stereocenters. The van der Waals surface area contributed by atoms with Gasteiger partial charge in [-0.3, -0.25) is 0 Å². The zero-order chi connectivity index (χ0) is 15.0. The molecule has 21 heavy (non-hydrogen) atoms. The van der Waals surface area contributed by atoms with Gasteiger partial charge in [0.2, 0.25) is 0 Å². The summed E-state index contributed by atoms with van der Waals surface area (Å²) in [5, 5.41) is 2.84. The molecule has 1 aromatic carbocycles. The molecule has 4 nitrogen and oxygen atoms in total. The van der Waals surface area contributed by atoms with Gasteiger partial charge in [0.15, 0.2) is 0 Å². The maximum atomic E-state index is 6.33. The number of thiazole rings is 1. The standard InChI is InChI=1S/C15H16ClN3OS/c1-9(16)14-18-12-5-4-11(20-3)8-13(12)19(14)10(2)15-17-6-7-21-15/h4-10H,1-3H3. The summed E-state index contributed by atoms with van der Waals surface area (Å²) in [7, 11) is 1.66. The predicted molar refractivity (Wildman–Crippen MR) is 86.5 cm³/mol. The van der Waals surface area contributed by atoms with Crippen molar-refractivity contribution in [3.05, 3.63) is 40.6 Å². The molecule has 2 aromatic heterocycles. The fourth-order valence-electron chi connectivity index (χ4n) is 2.46. The highest BCUT2D eigenvalue weighted by Crippen LogP contribution is 2.33. The van der Waals surface area contributed by atoms with Gasteiger partial charge in [-0.15, -0.1) is 22.9 Å². The Morgan fingerprint density at radius 1 is 1.33 bits per heavy atom. The lowest BCUT2D eigenvalue weighted by atomic mass is 10.2. The fraction of sp³-hybridized carbons (Fsp3) is 0.333. The number of methoxy groups -OCH3 is 1.